The van der Waals surface area contributed by atoms with Gasteiger partial charge in [-0.2, -0.15) is 5.10 Å². The van der Waals surface area contributed by atoms with Crippen LogP contribution in [0, 0.1) is 18.3 Å². The number of aryl methyl sites for hydroxylation is 1. The van der Waals surface area contributed by atoms with E-state index in [9.17, 15) is 24.0 Å². The molecule has 3 aliphatic heterocycles. The third-order valence-corrected chi connectivity index (χ3v) is 13.6. The van der Waals surface area contributed by atoms with Gasteiger partial charge in [0, 0.05) is 62.2 Å². The highest BCUT2D eigenvalue weighted by Gasteiger charge is 2.47. The van der Waals surface area contributed by atoms with E-state index in [0.717, 1.165) is 57.8 Å². The van der Waals surface area contributed by atoms with Crippen molar-refractivity contribution in [3.05, 3.63) is 112 Å². The van der Waals surface area contributed by atoms with E-state index < -0.39 is 23.7 Å². The van der Waals surface area contributed by atoms with Crippen LogP contribution in [0.15, 0.2) is 83.8 Å². The fourth-order valence-corrected chi connectivity index (χ4v) is 9.81. The van der Waals surface area contributed by atoms with E-state index in [-0.39, 0.29) is 34.7 Å². The van der Waals surface area contributed by atoms with Crippen molar-refractivity contribution in [1.82, 2.24) is 35.2 Å². The first-order chi connectivity index (χ1) is 28.8. The molecular formula is C46H54N8O6. The van der Waals surface area contributed by atoms with Gasteiger partial charge in [-0.1, -0.05) is 54.6 Å². The smallest absolute Gasteiger partial charge is 0.405 e. The van der Waals surface area contributed by atoms with E-state index in [0.29, 0.717) is 64.1 Å². The molecule has 5 amide bonds. The lowest BCUT2D eigenvalue weighted by molar-refractivity contribution is -0.146. The molecule has 1 unspecified atom stereocenters. The Labute approximate surface area is 348 Å². The summed E-state index contributed by atoms with van der Waals surface area (Å²) in [5, 5.41) is 12.3. The first-order valence-electron chi connectivity index (χ1n) is 21.0. The van der Waals surface area contributed by atoms with Gasteiger partial charge in [0.2, 0.25) is 11.8 Å². The van der Waals surface area contributed by atoms with Crippen LogP contribution in [0.2, 0.25) is 0 Å². The van der Waals surface area contributed by atoms with Crippen molar-refractivity contribution >= 4 is 45.7 Å². The molecule has 14 heteroatoms. The van der Waals surface area contributed by atoms with Gasteiger partial charge in [-0.25, -0.2) is 9.59 Å². The van der Waals surface area contributed by atoms with E-state index >= 15 is 0 Å². The number of nitrogens with two attached hydrogens (primary N) is 1. The molecule has 2 aromatic heterocycles. The van der Waals surface area contributed by atoms with Crippen LogP contribution in [0.25, 0.3) is 21.8 Å². The summed E-state index contributed by atoms with van der Waals surface area (Å²) in [6, 6.07) is 21.8. The standard InChI is InChI=1S/C46H54N8O6/c1-29-23-31(24-34-27-48-51-39(29)34)25-38(50-44(59)53-18-13-32(14-19-53)36-26-33-9-7-8-12-37(33)49-40(36)55)42(57)54-22-17-46(28-54)15-20-52(21-16-46)41(56)30(2)45(3,60-43(47)58)35-10-5-4-6-11-35/h4-12,23-24,26-27,30,32,38H,13-22,25,28H2,1-3H3,(H2,47,58)(H,48,51)(H,49,55)(H,50,59)/t30-,38+,45?/m0/s1. The molecule has 5 heterocycles. The molecule has 314 valence electrons. The number of ether oxygens (including phenoxy) is 1. The number of likely N-dealkylation sites (tertiary alicyclic amines) is 3. The summed E-state index contributed by atoms with van der Waals surface area (Å²) < 4.78 is 5.62. The number of carbonyl (C=O) groups is 4. The molecule has 3 aliphatic rings. The predicted molar refractivity (Wildman–Crippen MR) is 228 cm³/mol. The molecule has 0 radical (unpaired) electrons. The Morgan fingerprint density at radius 2 is 1.58 bits per heavy atom. The van der Waals surface area contributed by atoms with Gasteiger partial charge < -0.3 is 35.5 Å². The number of aromatic nitrogens is 3. The Balaban J connectivity index is 0.936. The number of primary amides is 1. The molecular weight excluding hydrogens is 761 g/mol. The predicted octanol–water partition coefficient (Wildman–Crippen LogP) is 5.70. The Morgan fingerprint density at radius 3 is 2.30 bits per heavy atom. The normalized spacial score (nSPS) is 18.9. The van der Waals surface area contributed by atoms with E-state index in [1.165, 1.54) is 0 Å². The van der Waals surface area contributed by atoms with Gasteiger partial charge in [-0.05, 0) is 104 Å². The Bertz CT molecular complexity index is 2470. The summed E-state index contributed by atoms with van der Waals surface area (Å²) in [6.07, 6.45) is 4.65. The third-order valence-electron chi connectivity index (χ3n) is 13.6. The van der Waals surface area contributed by atoms with Crippen molar-refractivity contribution in [1.29, 1.82) is 0 Å². The van der Waals surface area contributed by atoms with Gasteiger partial charge in [0.1, 0.15) is 11.6 Å². The molecule has 0 bridgehead atoms. The number of hydrogen-bond acceptors (Lipinski definition) is 7. The topological polar surface area (TPSA) is 187 Å². The summed E-state index contributed by atoms with van der Waals surface area (Å²) in [5.41, 5.74) is 9.07. The van der Waals surface area contributed by atoms with Crippen molar-refractivity contribution in [3.63, 3.8) is 0 Å². The van der Waals surface area contributed by atoms with Gasteiger partial charge >= 0.3 is 12.1 Å². The monoisotopic (exact) mass is 814 g/mol. The number of urea groups is 1. The molecule has 3 atom stereocenters. The molecule has 8 rings (SSSR count). The van der Waals surface area contributed by atoms with Crippen molar-refractivity contribution in [2.45, 2.75) is 76.9 Å². The largest absolute Gasteiger partial charge is 0.438 e. The van der Waals surface area contributed by atoms with Gasteiger partial charge in [0.05, 0.1) is 17.6 Å². The van der Waals surface area contributed by atoms with Crippen LogP contribution in [-0.2, 0) is 26.3 Å². The molecule has 3 fully saturated rings. The zero-order valence-corrected chi connectivity index (χ0v) is 34.5. The van der Waals surface area contributed by atoms with Crippen LogP contribution in [0.1, 0.15) is 74.1 Å². The van der Waals surface area contributed by atoms with Crippen molar-refractivity contribution in [3.8, 4) is 0 Å². The van der Waals surface area contributed by atoms with Gasteiger partial charge in [-0.15, -0.1) is 0 Å². The quantitative estimate of drug-likeness (QED) is 0.147. The summed E-state index contributed by atoms with van der Waals surface area (Å²) >= 11 is 0. The number of piperidine rings is 2. The summed E-state index contributed by atoms with van der Waals surface area (Å²) in [7, 11) is 0. The first kappa shape index (κ1) is 40.6. The van der Waals surface area contributed by atoms with Crippen LogP contribution in [0.3, 0.4) is 0 Å². The third kappa shape index (κ3) is 8.06. The number of nitrogens with zero attached hydrogens (tertiary/aromatic N) is 4. The number of rotatable bonds is 9. The highest BCUT2D eigenvalue weighted by atomic mass is 16.6. The fourth-order valence-electron chi connectivity index (χ4n) is 9.81. The number of H-pyrrole nitrogens is 2. The minimum Gasteiger partial charge on any atom is -0.438 e. The molecule has 1 spiro atoms. The molecule has 0 aliphatic carbocycles. The molecule has 5 aromatic rings. The average molecular weight is 815 g/mol. The number of nitrogens with one attached hydrogen (secondary N) is 3. The minimum atomic E-state index is -1.25. The van der Waals surface area contributed by atoms with E-state index in [4.69, 9.17) is 10.5 Å². The minimum absolute atomic E-state index is 0.0204. The van der Waals surface area contributed by atoms with E-state index in [1.807, 2.05) is 89.5 Å². The second kappa shape index (κ2) is 16.5. The Kier molecular flexibility index (Phi) is 11.1. The number of para-hydroxylation sites is 1. The maximum atomic E-state index is 14.6. The lowest BCUT2D eigenvalue weighted by Gasteiger charge is -2.42. The average Bonchev–Trinajstić information content (AvgIpc) is 3.91. The number of carbonyl (C=O) groups excluding carboxylic acids is 4. The van der Waals surface area contributed by atoms with Crippen LogP contribution in [-0.4, -0.2) is 99.1 Å². The van der Waals surface area contributed by atoms with Gasteiger partial charge in [0.15, 0.2) is 0 Å². The van der Waals surface area contributed by atoms with E-state index in [2.05, 4.69) is 20.5 Å². The summed E-state index contributed by atoms with van der Waals surface area (Å²) in [6.45, 7) is 8.53. The number of hydrogen-bond donors (Lipinski definition) is 4. The number of pyridine rings is 1. The van der Waals surface area contributed by atoms with Gasteiger partial charge in [0.25, 0.3) is 5.56 Å². The zero-order chi connectivity index (χ0) is 42.2. The lowest BCUT2D eigenvalue weighted by atomic mass is 9.76. The van der Waals surface area contributed by atoms with Gasteiger partial charge in [-0.3, -0.25) is 19.5 Å². The Hall–Kier alpha value is -6.18. The maximum Gasteiger partial charge on any atom is 0.405 e. The van der Waals surface area contributed by atoms with E-state index in [1.54, 1.807) is 24.9 Å². The highest BCUT2D eigenvalue weighted by molar-refractivity contribution is 5.88. The van der Waals surface area contributed by atoms with Crippen LogP contribution >= 0.6 is 0 Å². The number of amides is 5. The van der Waals surface area contributed by atoms with Crippen LogP contribution < -0.4 is 16.6 Å². The first-order valence-corrected chi connectivity index (χ1v) is 21.0. The summed E-state index contributed by atoms with van der Waals surface area (Å²) in [5.74, 6) is -0.919. The SMILES string of the molecule is Cc1cc(C[C@@H](NC(=O)N2CCC(c3cc4ccccc4[nH]c3=O)CC2)C(=O)N2CCC3(CCN(C(=O)[C@H](C)C(C)(OC(N)=O)c4ccccc4)CC3)C2)cc2cn[nH]c12. The molecule has 3 saturated heterocycles. The number of aromatic amines is 2. The zero-order valence-electron chi connectivity index (χ0n) is 34.5. The number of benzene rings is 3. The maximum absolute atomic E-state index is 14.6. The molecule has 60 heavy (non-hydrogen) atoms. The van der Waals surface area contributed by atoms with Crippen molar-refractivity contribution < 1.29 is 23.9 Å². The summed E-state index contributed by atoms with van der Waals surface area (Å²) in [4.78, 5) is 76.1. The van der Waals surface area contributed by atoms with Crippen molar-refractivity contribution in [2.24, 2.45) is 17.1 Å². The van der Waals surface area contributed by atoms with Crippen LogP contribution in [0.4, 0.5) is 9.59 Å². The number of fused-ring (bicyclic) bond motifs is 2. The lowest BCUT2D eigenvalue weighted by Crippen LogP contribution is -2.54. The second-order valence-corrected chi connectivity index (χ2v) is 17.3. The molecule has 3 aromatic carbocycles. The Morgan fingerprint density at radius 1 is 0.900 bits per heavy atom. The molecule has 14 nitrogen and oxygen atoms in total. The molecule has 5 N–H and O–H groups in total. The van der Waals surface area contributed by atoms with Crippen molar-refractivity contribution in [2.75, 3.05) is 39.3 Å². The fraction of sp³-hybridized carbons (Fsp3) is 0.435. The highest BCUT2D eigenvalue weighted by Crippen LogP contribution is 2.42. The second-order valence-electron chi connectivity index (χ2n) is 17.3. The van der Waals surface area contributed by atoms with Crippen LogP contribution in [0.5, 0.6) is 0 Å². The molecule has 0 saturated carbocycles.